The molecule has 8 nitrogen and oxygen atoms in total. The highest BCUT2D eigenvalue weighted by atomic mass is 35.5. The molecule has 0 atom stereocenters. The third-order valence-corrected chi connectivity index (χ3v) is 7.36. The molecule has 0 saturated carbocycles. The first kappa shape index (κ1) is 35.5. The third-order valence-electron chi connectivity index (χ3n) is 4.24. The van der Waals surface area contributed by atoms with Gasteiger partial charge in [0.05, 0.1) is 14.8 Å². The van der Waals surface area contributed by atoms with E-state index in [1.807, 2.05) is 18.6 Å². The number of halogens is 3. The van der Waals surface area contributed by atoms with Crippen LogP contribution in [-0.4, -0.2) is 51.9 Å². The Hall–Kier alpha value is -2.53. The molecule has 2 rings (SSSR count). The summed E-state index contributed by atoms with van der Waals surface area (Å²) in [7, 11) is 0. The van der Waals surface area contributed by atoms with E-state index in [0.29, 0.717) is 4.24 Å². The summed E-state index contributed by atoms with van der Waals surface area (Å²) in [5.74, 6) is -3.33. The molecular formula is C26H30ClF2N3O5S3. The number of hydrogen-bond donors (Lipinski definition) is 1. The molecule has 2 aromatic rings. The Balaban J connectivity index is 0.000000459. The number of aromatic nitrogens is 2. The predicted molar refractivity (Wildman–Crippen MR) is 158 cm³/mol. The minimum Gasteiger partial charge on any atom is -0.456 e. The number of aromatic amines is 1. The molecule has 0 fully saturated rings. The topological polar surface area (TPSA) is 122 Å². The van der Waals surface area contributed by atoms with Gasteiger partial charge in [0.1, 0.15) is 39.8 Å². The molecule has 0 amide bonds. The SMILES string of the molecule is CSC(SC)=C(C#N)C(=O)OC(C)(C)C.CSc1nc(-c2cc(F)c(Cl)cc2F)[nH]c(=O)c1C(=O)OC(C)(C)C. The number of esters is 2. The maximum absolute atomic E-state index is 14.1. The molecule has 0 radical (unpaired) electrons. The number of hydrogen-bond acceptors (Lipinski definition) is 10. The Labute approximate surface area is 249 Å². The van der Waals surface area contributed by atoms with Crippen LogP contribution in [-0.2, 0) is 14.3 Å². The average molecular weight is 634 g/mol. The molecule has 1 heterocycles. The van der Waals surface area contributed by atoms with Gasteiger partial charge in [0.25, 0.3) is 5.56 Å². The van der Waals surface area contributed by atoms with Gasteiger partial charge in [0.2, 0.25) is 0 Å². The van der Waals surface area contributed by atoms with Gasteiger partial charge in [0, 0.05) is 0 Å². The second-order valence-corrected chi connectivity index (χ2v) is 12.8. The monoisotopic (exact) mass is 633 g/mol. The summed E-state index contributed by atoms with van der Waals surface area (Å²) in [6.07, 6.45) is 5.25. The van der Waals surface area contributed by atoms with Crippen LogP contribution in [0.5, 0.6) is 0 Å². The number of carbonyl (C=O) groups excluding carboxylic acids is 2. The quantitative estimate of drug-likeness (QED) is 0.0904. The van der Waals surface area contributed by atoms with E-state index in [0.717, 1.165) is 23.9 Å². The van der Waals surface area contributed by atoms with Crippen LogP contribution in [0.15, 0.2) is 31.8 Å². The van der Waals surface area contributed by atoms with Gasteiger partial charge >= 0.3 is 11.9 Å². The van der Waals surface area contributed by atoms with Crippen molar-refractivity contribution in [2.45, 2.75) is 57.8 Å². The summed E-state index contributed by atoms with van der Waals surface area (Å²) in [5.41, 5.74) is -2.65. The third kappa shape index (κ3) is 10.5. The first-order chi connectivity index (χ1) is 18.4. The van der Waals surface area contributed by atoms with Crippen LogP contribution < -0.4 is 5.56 Å². The van der Waals surface area contributed by atoms with E-state index >= 15 is 0 Å². The van der Waals surface area contributed by atoms with Gasteiger partial charge in [-0.1, -0.05) is 11.6 Å². The maximum atomic E-state index is 14.1. The lowest BCUT2D eigenvalue weighted by molar-refractivity contribution is -0.149. The molecule has 0 aliphatic heterocycles. The van der Waals surface area contributed by atoms with Crippen molar-refractivity contribution < 1.29 is 27.8 Å². The van der Waals surface area contributed by atoms with Gasteiger partial charge in [-0.05, 0) is 72.4 Å². The average Bonchev–Trinajstić information content (AvgIpc) is 2.82. The lowest BCUT2D eigenvalue weighted by Crippen LogP contribution is -2.29. The van der Waals surface area contributed by atoms with Gasteiger partial charge in [-0.15, -0.1) is 35.3 Å². The fourth-order valence-electron chi connectivity index (χ4n) is 2.73. The van der Waals surface area contributed by atoms with E-state index in [4.69, 9.17) is 26.3 Å². The summed E-state index contributed by atoms with van der Waals surface area (Å²) in [4.78, 5) is 42.5. The van der Waals surface area contributed by atoms with Gasteiger partial charge in [-0.3, -0.25) is 4.79 Å². The van der Waals surface area contributed by atoms with E-state index in [9.17, 15) is 23.2 Å². The van der Waals surface area contributed by atoms with Crippen LogP contribution in [0, 0.1) is 23.0 Å². The van der Waals surface area contributed by atoms with E-state index in [2.05, 4.69) is 9.97 Å². The molecule has 0 spiro atoms. The van der Waals surface area contributed by atoms with E-state index < -0.39 is 40.3 Å². The van der Waals surface area contributed by atoms with E-state index in [1.54, 1.807) is 47.8 Å². The Morgan fingerprint density at radius 2 is 1.55 bits per heavy atom. The van der Waals surface area contributed by atoms with Crippen LogP contribution >= 0.6 is 46.9 Å². The molecule has 0 unspecified atom stereocenters. The van der Waals surface area contributed by atoms with Crippen molar-refractivity contribution in [2.75, 3.05) is 18.8 Å². The molecule has 1 aromatic heterocycles. The number of benzene rings is 1. The second-order valence-electron chi connectivity index (χ2n) is 9.73. The summed E-state index contributed by atoms with van der Waals surface area (Å²) >= 11 is 9.28. The molecule has 1 N–H and O–H groups in total. The zero-order chi connectivity index (χ0) is 31.0. The fourth-order valence-corrected chi connectivity index (χ4v) is 4.78. The van der Waals surface area contributed by atoms with Gasteiger partial charge in [-0.25, -0.2) is 23.4 Å². The maximum Gasteiger partial charge on any atom is 0.351 e. The number of ether oxygens (including phenoxy) is 2. The highest BCUT2D eigenvalue weighted by molar-refractivity contribution is 8.21. The molecule has 0 aliphatic carbocycles. The molecule has 0 bridgehead atoms. The molecule has 40 heavy (non-hydrogen) atoms. The normalized spacial score (nSPS) is 11.1. The standard InChI is InChI=1S/C16H15ClF2N2O3S.C10H15NO2S2/c1-16(2,3)24-15(23)11-13(22)20-12(21-14(11)25-4)7-5-10(19)8(17)6-9(7)18;1-10(2,3)13-8(12)7(6-11)9(14-4)15-5/h5-6H,1-4H3,(H,20,21,22);1-5H3. The predicted octanol–water partition coefficient (Wildman–Crippen LogP) is 6.83. The van der Waals surface area contributed by atoms with Gasteiger partial charge in [-0.2, -0.15) is 5.26 Å². The van der Waals surface area contributed by atoms with Crippen molar-refractivity contribution in [1.82, 2.24) is 9.97 Å². The molecule has 1 aromatic carbocycles. The van der Waals surface area contributed by atoms with Crippen molar-refractivity contribution in [3.05, 3.63) is 54.5 Å². The van der Waals surface area contributed by atoms with Crippen LogP contribution in [0.3, 0.4) is 0 Å². The number of nitrogens with zero attached hydrogens (tertiary/aromatic N) is 2. The minimum absolute atomic E-state index is 0.0442. The summed E-state index contributed by atoms with van der Waals surface area (Å²) in [6.45, 7) is 10.3. The Kier molecular flexibility index (Phi) is 13.2. The van der Waals surface area contributed by atoms with Crippen molar-refractivity contribution in [3.8, 4) is 17.5 Å². The van der Waals surface area contributed by atoms with Crippen LogP contribution in [0.2, 0.25) is 5.02 Å². The van der Waals surface area contributed by atoms with Crippen molar-refractivity contribution in [1.29, 1.82) is 5.26 Å². The number of thioether (sulfide) groups is 3. The summed E-state index contributed by atoms with van der Waals surface area (Å²) in [6, 6.07) is 3.50. The molecule has 218 valence electrons. The van der Waals surface area contributed by atoms with Crippen LogP contribution in [0.1, 0.15) is 51.9 Å². The van der Waals surface area contributed by atoms with E-state index in [-0.39, 0.29) is 32.6 Å². The van der Waals surface area contributed by atoms with Crippen molar-refractivity contribution in [3.63, 3.8) is 0 Å². The zero-order valence-electron chi connectivity index (χ0n) is 23.4. The number of carbonyl (C=O) groups is 2. The summed E-state index contributed by atoms with van der Waals surface area (Å²) < 4.78 is 38.7. The first-order valence-corrected chi connectivity index (χ1v) is 15.5. The summed E-state index contributed by atoms with van der Waals surface area (Å²) in [5, 5.41) is 8.55. The Morgan fingerprint density at radius 3 is 2.00 bits per heavy atom. The lowest BCUT2D eigenvalue weighted by Gasteiger charge is -2.19. The molecule has 0 saturated heterocycles. The fraction of sp³-hybridized carbons (Fsp3) is 0.423. The van der Waals surface area contributed by atoms with Crippen LogP contribution in [0.4, 0.5) is 8.78 Å². The second kappa shape index (κ2) is 14.9. The largest absolute Gasteiger partial charge is 0.456 e. The molecular weight excluding hydrogens is 604 g/mol. The van der Waals surface area contributed by atoms with Crippen LogP contribution in [0.25, 0.3) is 11.4 Å². The number of nitriles is 1. The highest BCUT2D eigenvalue weighted by Crippen LogP contribution is 2.29. The minimum atomic E-state index is -0.859. The Bertz CT molecular complexity index is 1390. The number of rotatable bonds is 6. The molecule has 0 aliphatic rings. The van der Waals surface area contributed by atoms with Crippen molar-refractivity contribution >= 4 is 58.8 Å². The van der Waals surface area contributed by atoms with Gasteiger partial charge < -0.3 is 14.5 Å². The zero-order valence-corrected chi connectivity index (χ0v) is 26.7. The first-order valence-electron chi connectivity index (χ1n) is 11.4. The van der Waals surface area contributed by atoms with Crippen molar-refractivity contribution in [2.24, 2.45) is 0 Å². The molecule has 14 heteroatoms. The van der Waals surface area contributed by atoms with E-state index in [1.165, 1.54) is 23.5 Å². The number of nitrogens with one attached hydrogen (secondary N) is 1. The van der Waals surface area contributed by atoms with Gasteiger partial charge in [0.15, 0.2) is 11.1 Å². The number of H-pyrrole nitrogens is 1. The highest BCUT2D eigenvalue weighted by Gasteiger charge is 2.26. The smallest absolute Gasteiger partial charge is 0.351 e. The lowest BCUT2D eigenvalue weighted by atomic mass is 10.1. The Morgan fingerprint density at radius 1 is 1.00 bits per heavy atom.